The van der Waals surface area contributed by atoms with Crippen molar-refractivity contribution >= 4 is 5.97 Å². The van der Waals surface area contributed by atoms with Gasteiger partial charge in [0.05, 0.1) is 5.92 Å². The number of aryl methyl sites for hydroxylation is 1. The van der Waals surface area contributed by atoms with Crippen molar-refractivity contribution in [3.63, 3.8) is 0 Å². The summed E-state index contributed by atoms with van der Waals surface area (Å²) in [4.78, 5) is 13.1. The second kappa shape index (κ2) is 5.82. The van der Waals surface area contributed by atoms with Crippen LogP contribution >= 0.6 is 0 Å². The van der Waals surface area contributed by atoms with Gasteiger partial charge in [0.25, 0.3) is 0 Å². The van der Waals surface area contributed by atoms with E-state index in [9.17, 15) is 4.79 Å². The molecule has 0 aliphatic carbocycles. The smallest absolute Gasteiger partial charge is 0.307 e. The molecule has 1 N–H and O–H groups in total. The molecule has 1 aliphatic rings. The van der Waals surface area contributed by atoms with Crippen molar-refractivity contribution in [3.05, 3.63) is 35.9 Å². The van der Waals surface area contributed by atoms with Crippen molar-refractivity contribution in [2.24, 2.45) is 5.92 Å². The molecule has 1 atom stereocenters. The number of likely N-dealkylation sites (tertiary alicyclic amines) is 1. The first-order chi connectivity index (χ1) is 8.25. The van der Waals surface area contributed by atoms with Crippen molar-refractivity contribution in [2.75, 3.05) is 19.6 Å². The third kappa shape index (κ3) is 3.56. The number of benzene rings is 1. The second-order valence-electron chi connectivity index (χ2n) is 4.71. The third-order valence-corrected chi connectivity index (χ3v) is 3.40. The number of hydrogen-bond donors (Lipinski definition) is 1. The summed E-state index contributed by atoms with van der Waals surface area (Å²) in [5.74, 6) is -0.790. The molecule has 1 aliphatic heterocycles. The van der Waals surface area contributed by atoms with Gasteiger partial charge in [-0.3, -0.25) is 4.79 Å². The fraction of sp³-hybridized carbons (Fsp3) is 0.500. The van der Waals surface area contributed by atoms with E-state index in [1.807, 2.05) is 6.07 Å². The van der Waals surface area contributed by atoms with Gasteiger partial charge in [-0.05, 0) is 37.9 Å². The van der Waals surface area contributed by atoms with E-state index in [2.05, 4.69) is 29.2 Å². The highest BCUT2D eigenvalue weighted by Crippen LogP contribution is 2.16. The van der Waals surface area contributed by atoms with Crippen molar-refractivity contribution in [1.29, 1.82) is 0 Å². The minimum absolute atomic E-state index is 0.147. The summed E-state index contributed by atoms with van der Waals surface area (Å²) in [5, 5.41) is 8.91. The highest BCUT2D eigenvalue weighted by molar-refractivity contribution is 5.70. The number of carboxylic acids is 1. The fourth-order valence-corrected chi connectivity index (χ4v) is 2.39. The number of carboxylic acid groups (broad SMARTS) is 1. The van der Waals surface area contributed by atoms with Crippen LogP contribution in [0.2, 0.25) is 0 Å². The average Bonchev–Trinajstić information content (AvgIpc) is 2.79. The lowest BCUT2D eigenvalue weighted by Gasteiger charge is -2.14. The number of nitrogens with zero attached hydrogens (tertiary/aromatic N) is 1. The number of hydrogen-bond acceptors (Lipinski definition) is 2. The van der Waals surface area contributed by atoms with Crippen molar-refractivity contribution < 1.29 is 9.90 Å². The largest absolute Gasteiger partial charge is 0.481 e. The zero-order valence-corrected chi connectivity index (χ0v) is 10.0. The lowest BCUT2D eigenvalue weighted by atomic mass is 10.1. The van der Waals surface area contributed by atoms with Gasteiger partial charge >= 0.3 is 5.97 Å². The van der Waals surface area contributed by atoms with E-state index in [0.717, 1.165) is 38.9 Å². The summed E-state index contributed by atoms with van der Waals surface area (Å²) >= 11 is 0. The second-order valence-corrected chi connectivity index (χ2v) is 4.71. The lowest BCUT2D eigenvalue weighted by Crippen LogP contribution is -2.24. The number of carbonyl (C=O) groups is 1. The molecule has 0 amide bonds. The lowest BCUT2D eigenvalue weighted by molar-refractivity contribution is -0.141. The molecule has 3 nitrogen and oxygen atoms in total. The predicted octanol–water partition coefficient (Wildman–Crippen LogP) is 2.03. The first kappa shape index (κ1) is 12.1. The molecule has 1 heterocycles. The van der Waals surface area contributed by atoms with Gasteiger partial charge in [-0.1, -0.05) is 30.3 Å². The van der Waals surface area contributed by atoms with E-state index in [0.29, 0.717) is 0 Å². The van der Waals surface area contributed by atoms with Crippen LogP contribution in [0.15, 0.2) is 30.3 Å². The van der Waals surface area contributed by atoms with Gasteiger partial charge in [-0.15, -0.1) is 0 Å². The van der Waals surface area contributed by atoms with E-state index in [1.54, 1.807) is 0 Å². The van der Waals surface area contributed by atoms with Gasteiger partial charge in [0.1, 0.15) is 0 Å². The Labute approximate surface area is 102 Å². The van der Waals surface area contributed by atoms with Gasteiger partial charge in [0, 0.05) is 6.54 Å². The maximum absolute atomic E-state index is 10.8. The normalized spacial score (nSPS) is 20.6. The van der Waals surface area contributed by atoms with Crippen LogP contribution in [0, 0.1) is 5.92 Å². The number of aliphatic carboxylic acids is 1. The Hall–Kier alpha value is -1.35. The topological polar surface area (TPSA) is 40.5 Å². The molecule has 92 valence electrons. The van der Waals surface area contributed by atoms with Gasteiger partial charge < -0.3 is 10.0 Å². The minimum atomic E-state index is -0.643. The molecule has 3 heteroatoms. The molecule has 0 bridgehead atoms. The Morgan fingerprint density at radius 3 is 2.76 bits per heavy atom. The summed E-state index contributed by atoms with van der Waals surface area (Å²) in [5.41, 5.74) is 1.36. The van der Waals surface area contributed by atoms with Crippen LogP contribution in [0.5, 0.6) is 0 Å². The maximum Gasteiger partial charge on any atom is 0.307 e. The molecule has 1 aromatic rings. The van der Waals surface area contributed by atoms with Gasteiger partial charge in [0.15, 0.2) is 0 Å². The summed E-state index contributed by atoms with van der Waals surface area (Å²) in [7, 11) is 0. The predicted molar refractivity (Wildman–Crippen MR) is 66.9 cm³/mol. The Morgan fingerprint density at radius 1 is 1.35 bits per heavy atom. The highest BCUT2D eigenvalue weighted by atomic mass is 16.4. The van der Waals surface area contributed by atoms with Crippen LogP contribution < -0.4 is 0 Å². The molecule has 1 fully saturated rings. The maximum atomic E-state index is 10.8. The summed E-state index contributed by atoms with van der Waals surface area (Å²) in [6.07, 6.45) is 2.99. The first-order valence-corrected chi connectivity index (χ1v) is 6.25. The SMILES string of the molecule is O=C(O)[C@@H]1CCN(CCCc2ccccc2)C1. The minimum Gasteiger partial charge on any atom is -0.481 e. The molecule has 0 unspecified atom stereocenters. The first-order valence-electron chi connectivity index (χ1n) is 6.25. The van der Waals surface area contributed by atoms with Crippen LogP contribution in [0.25, 0.3) is 0 Å². The van der Waals surface area contributed by atoms with Gasteiger partial charge in [0.2, 0.25) is 0 Å². The Bertz CT molecular complexity index is 364. The zero-order chi connectivity index (χ0) is 12.1. The Morgan fingerprint density at radius 2 is 2.12 bits per heavy atom. The molecule has 0 radical (unpaired) electrons. The van der Waals surface area contributed by atoms with E-state index in [4.69, 9.17) is 5.11 Å². The van der Waals surface area contributed by atoms with Crippen LogP contribution in [-0.4, -0.2) is 35.6 Å². The van der Waals surface area contributed by atoms with Crippen LogP contribution in [0.4, 0.5) is 0 Å². The molecular weight excluding hydrogens is 214 g/mol. The van der Waals surface area contributed by atoms with Gasteiger partial charge in [-0.2, -0.15) is 0 Å². The summed E-state index contributed by atoms with van der Waals surface area (Å²) in [6, 6.07) is 10.4. The third-order valence-electron chi connectivity index (χ3n) is 3.40. The van der Waals surface area contributed by atoms with E-state index in [-0.39, 0.29) is 5.92 Å². The fourth-order valence-electron chi connectivity index (χ4n) is 2.39. The molecule has 0 aromatic heterocycles. The Balaban J connectivity index is 1.68. The van der Waals surface area contributed by atoms with E-state index >= 15 is 0 Å². The molecule has 1 aromatic carbocycles. The van der Waals surface area contributed by atoms with E-state index < -0.39 is 5.97 Å². The van der Waals surface area contributed by atoms with Crippen LogP contribution in [0.3, 0.4) is 0 Å². The quantitative estimate of drug-likeness (QED) is 0.846. The molecule has 2 rings (SSSR count). The molecule has 0 spiro atoms. The van der Waals surface area contributed by atoms with E-state index in [1.165, 1.54) is 5.56 Å². The number of rotatable bonds is 5. The molecule has 17 heavy (non-hydrogen) atoms. The molecular formula is C14H19NO2. The zero-order valence-electron chi connectivity index (χ0n) is 10.0. The summed E-state index contributed by atoms with van der Waals surface area (Å²) < 4.78 is 0. The highest BCUT2D eigenvalue weighted by Gasteiger charge is 2.27. The summed E-state index contributed by atoms with van der Waals surface area (Å²) in [6.45, 7) is 2.68. The van der Waals surface area contributed by atoms with Gasteiger partial charge in [-0.25, -0.2) is 0 Å². The molecule has 0 saturated carbocycles. The standard InChI is InChI=1S/C14H19NO2/c16-14(17)13-8-10-15(11-13)9-4-7-12-5-2-1-3-6-12/h1-3,5-6,13H,4,7-11H2,(H,16,17)/t13-/m1/s1. The molecule has 1 saturated heterocycles. The monoisotopic (exact) mass is 233 g/mol. The van der Waals surface area contributed by atoms with Crippen molar-refractivity contribution in [1.82, 2.24) is 4.90 Å². The Kier molecular flexibility index (Phi) is 4.15. The van der Waals surface area contributed by atoms with Crippen LogP contribution in [0.1, 0.15) is 18.4 Å². The average molecular weight is 233 g/mol. The van der Waals surface area contributed by atoms with Crippen molar-refractivity contribution in [2.45, 2.75) is 19.3 Å². The van der Waals surface area contributed by atoms with Crippen molar-refractivity contribution in [3.8, 4) is 0 Å². The van der Waals surface area contributed by atoms with Crippen LogP contribution in [-0.2, 0) is 11.2 Å².